The second-order valence-electron chi connectivity index (χ2n) is 5.16. The first-order chi connectivity index (χ1) is 10.1. The number of methoxy groups -OCH3 is 2. The monoisotopic (exact) mass is 294 g/mol. The highest BCUT2D eigenvalue weighted by atomic mass is 16.5. The molecule has 5 heteroatoms. The van der Waals surface area contributed by atoms with E-state index >= 15 is 0 Å². The Labute approximate surface area is 126 Å². The van der Waals surface area contributed by atoms with Crippen molar-refractivity contribution in [3.8, 4) is 11.5 Å². The van der Waals surface area contributed by atoms with Gasteiger partial charge in [0, 0.05) is 12.6 Å². The number of hydrogen-bond donors (Lipinski definition) is 2. The molecule has 1 rings (SSSR count). The summed E-state index contributed by atoms with van der Waals surface area (Å²) in [6.07, 6.45) is 1.86. The van der Waals surface area contributed by atoms with Gasteiger partial charge in [0.15, 0.2) is 0 Å². The molecular weight excluding hydrogens is 268 g/mol. The van der Waals surface area contributed by atoms with Crippen LogP contribution in [0.15, 0.2) is 18.2 Å². The van der Waals surface area contributed by atoms with Gasteiger partial charge in [0.05, 0.1) is 19.8 Å². The molecule has 1 amide bonds. The Bertz CT molecular complexity index is 462. The van der Waals surface area contributed by atoms with Crippen LogP contribution in [0.4, 0.5) is 0 Å². The van der Waals surface area contributed by atoms with Crippen molar-refractivity contribution in [2.24, 2.45) is 11.1 Å². The molecule has 0 fully saturated rings. The van der Waals surface area contributed by atoms with Crippen molar-refractivity contribution in [2.75, 3.05) is 27.3 Å². The van der Waals surface area contributed by atoms with Crippen LogP contribution in [-0.4, -0.2) is 33.2 Å². The number of nitrogens with two attached hydrogens (primary N) is 1. The van der Waals surface area contributed by atoms with Gasteiger partial charge in [-0.1, -0.05) is 13.8 Å². The molecule has 0 aromatic heterocycles. The van der Waals surface area contributed by atoms with Crippen molar-refractivity contribution in [2.45, 2.75) is 26.7 Å². The van der Waals surface area contributed by atoms with Crippen molar-refractivity contribution in [3.63, 3.8) is 0 Å². The van der Waals surface area contributed by atoms with E-state index < -0.39 is 0 Å². The Hall–Kier alpha value is -1.75. The fourth-order valence-corrected chi connectivity index (χ4v) is 2.21. The lowest BCUT2D eigenvalue weighted by atomic mass is 9.82. The molecule has 0 saturated carbocycles. The molecule has 1 aromatic carbocycles. The fraction of sp³-hybridized carbons (Fsp3) is 0.562. The first kappa shape index (κ1) is 17.3. The van der Waals surface area contributed by atoms with E-state index in [0.717, 1.165) is 12.8 Å². The zero-order valence-corrected chi connectivity index (χ0v) is 13.4. The summed E-state index contributed by atoms with van der Waals surface area (Å²) in [6.45, 7) is 5.30. The fourth-order valence-electron chi connectivity index (χ4n) is 2.21. The molecular formula is C16H26N2O3. The van der Waals surface area contributed by atoms with Crippen LogP contribution < -0.4 is 20.5 Å². The summed E-state index contributed by atoms with van der Waals surface area (Å²) in [5.74, 6) is 0.995. The van der Waals surface area contributed by atoms with E-state index in [0.29, 0.717) is 30.2 Å². The summed E-state index contributed by atoms with van der Waals surface area (Å²) in [5, 5.41) is 2.97. The zero-order chi connectivity index (χ0) is 15.9. The van der Waals surface area contributed by atoms with Gasteiger partial charge in [-0.15, -0.1) is 0 Å². The minimum Gasteiger partial charge on any atom is -0.497 e. The molecule has 118 valence electrons. The summed E-state index contributed by atoms with van der Waals surface area (Å²) in [6, 6.07) is 5.15. The molecule has 0 heterocycles. The van der Waals surface area contributed by atoms with Gasteiger partial charge in [0.25, 0.3) is 5.91 Å². The molecule has 0 spiro atoms. The number of amides is 1. The number of benzene rings is 1. The largest absolute Gasteiger partial charge is 0.497 e. The average Bonchev–Trinajstić information content (AvgIpc) is 2.55. The van der Waals surface area contributed by atoms with Gasteiger partial charge >= 0.3 is 0 Å². The van der Waals surface area contributed by atoms with Crippen LogP contribution in [0.1, 0.15) is 37.0 Å². The summed E-state index contributed by atoms with van der Waals surface area (Å²) >= 11 is 0. The maximum Gasteiger partial charge on any atom is 0.255 e. The molecule has 21 heavy (non-hydrogen) atoms. The Morgan fingerprint density at radius 3 is 2.38 bits per heavy atom. The molecule has 3 N–H and O–H groups in total. The molecule has 0 bridgehead atoms. The third-order valence-electron chi connectivity index (χ3n) is 4.21. The molecule has 0 unspecified atom stereocenters. The van der Waals surface area contributed by atoms with Crippen molar-refractivity contribution < 1.29 is 14.3 Å². The third kappa shape index (κ3) is 4.11. The molecule has 0 aliphatic carbocycles. The highest BCUT2D eigenvalue weighted by Crippen LogP contribution is 2.26. The molecule has 0 radical (unpaired) electrons. The highest BCUT2D eigenvalue weighted by molar-refractivity contribution is 5.97. The Balaban J connectivity index is 2.85. The lowest BCUT2D eigenvalue weighted by molar-refractivity contribution is 0.0925. The third-order valence-corrected chi connectivity index (χ3v) is 4.21. The van der Waals surface area contributed by atoms with Crippen molar-refractivity contribution in [1.82, 2.24) is 5.32 Å². The average molecular weight is 294 g/mol. The smallest absolute Gasteiger partial charge is 0.255 e. The maximum atomic E-state index is 12.3. The number of hydrogen-bond acceptors (Lipinski definition) is 4. The summed E-state index contributed by atoms with van der Waals surface area (Å²) in [4.78, 5) is 12.3. The van der Waals surface area contributed by atoms with Crippen LogP contribution in [0, 0.1) is 5.41 Å². The number of nitrogens with one attached hydrogen (secondary N) is 1. The topological polar surface area (TPSA) is 73.6 Å². The quantitative estimate of drug-likeness (QED) is 0.771. The number of carbonyl (C=O) groups is 1. The molecule has 5 nitrogen and oxygen atoms in total. The normalized spacial score (nSPS) is 11.1. The number of rotatable bonds is 8. The van der Waals surface area contributed by atoms with Gasteiger partial charge in [-0.25, -0.2) is 0 Å². The van der Waals surface area contributed by atoms with Crippen LogP contribution in [0.2, 0.25) is 0 Å². The standard InChI is InChI=1S/C16H26N2O3/c1-5-16(6-2,10-17)11-18-15(19)13-8-7-12(20-3)9-14(13)21-4/h7-9H,5-6,10-11,17H2,1-4H3,(H,18,19). The first-order valence-electron chi connectivity index (χ1n) is 7.26. The second kappa shape index (κ2) is 7.88. The SMILES string of the molecule is CCC(CC)(CN)CNC(=O)c1ccc(OC)cc1OC. The van der Waals surface area contributed by atoms with Crippen LogP contribution in [0.3, 0.4) is 0 Å². The number of ether oxygens (including phenoxy) is 2. The van der Waals surface area contributed by atoms with Gasteiger partial charge in [-0.05, 0) is 36.9 Å². The maximum absolute atomic E-state index is 12.3. The van der Waals surface area contributed by atoms with Crippen molar-refractivity contribution in [3.05, 3.63) is 23.8 Å². The van der Waals surface area contributed by atoms with Crippen molar-refractivity contribution >= 4 is 5.91 Å². The predicted molar refractivity (Wildman–Crippen MR) is 83.9 cm³/mol. The molecule has 0 aliphatic heterocycles. The first-order valence-corrected chi connectivity index (χ1v) is 7.26. The minimum absolute atomic E-state index is 0.0463. The number of carbonyl (C=O) groups excluding carboxylic acids is 1. The molecule has 1 aromatic rings. The molecule has 0 saturated heterocycles. The van der Waals surface area contributed by atoms with E-state index in [1.54, 1.807) is 25.3 Å². The van der Waals surface area contributed by atoms with E-state index in [9.17, 15) is 4.79 Å². The summed E-state index contributed by atoms with van der Waals surface area (Å²) in [7, 11) is 3.11. The Morgan fingerprint density at radius 1 is 1.24 bits per heavy atom. The van der Waals surface area contributed by atoms with E-state index in [1.807, 2.05) is 0 Å². The van der Waals surface area contributed by atoms with Crippen LogP contribution in [0.5, 0.6) is 11.5 Å². The summed E-state index contributed by atoms with van der Waals surface area (Å²) in [5.41, 5.74) is 6.31. The van der Waals surface area contributed by atoms with Gasteiger partial charge in [-0.3, -0.25) is 4.79 Å². The minimum atomic E-state index is -0.158. The van der Waals surface area contributed by atoms with Crippen LogP contribution >= 0.6 is 0 Å². The van der Waals surface area contributed by atoms with Gasteiger partial charge in [0.2, 0.25) is 0 Å². The van der Waals surface area contributed by atoms with E-state index in [4.69, 9.17) is 15.2 Å². The highest BCUT2D eigenvalue weighted by Gasteiger charge is 2.25. The van der Waals surface area contributed by atoms with E-state index in [1.165, 1.54) is 7.11 Å². The van der Waals surface area contributed by atoms with E-state index in [2.05, 4.69) is 19.2 Å². The lowest BCUT2D eigenvalue weighted by Crippen LogP contribution is -2.41. The van der Waals surface area contributed by atoms with Gasteiger partial charge in [-0.2, -0.15) is 0 Å². The predicted octanol–water partition coefficient (Wildman–Crippen LogP) is 2.20. The second-order valence-corrected chi connectivity index (χ2v) is 5.16. The summed E-state index contributed by atoms with van der Waals surface area (Å²) < 4.78 is 10.4. The molecule has 0 atom stereocenters. The van der Waals surface area contributed by atoms with Gasteiger partial charge in [0.1, 0.15) is 11.5 Å². The lowest BCUT2D eigenvalue weighted by Gasteiger charge is -2.30. The molecule has 0 aliphatic rings. The van der Waals surface area contributed by atoms with Gasteiger partial charge < -0.3 is 20.5 Å². The van der Waals surface area contributed by atoms with E-state index in [-0.39, 0.29) is 11.3 Å². The Kier molecular flexibility index (Phi) is 6.49. The Morgan fingerprint density at radius 2 is 1.90 bits per heavy atom. The zero-order valence-electron chi connectivity index (χ0n) is 13.4. The van der Waals surface area contributed by atoms with Crippen molar-refractivity contribution in [1.29, 1.82) is 0 Å². The van der Waals surface area contributed by atoms with Crippen LogP contribution in [0.25, 0.3) is 0 Å². The van der Waals surface area contributed by atoms with Crippen LogP contribution in [-0.2, 0) is 0 Å².